The number of carbonyl (C=O) groups is 1. The summed E-state index contributed by atoms with van der Waals surface area (Å²) in [6, 6.07) is 8.41. The molecule has 0 aliphatic carbocycles. The standard InChI is InChI=1S/C39H42O21/c1-52-20-10-16(5-6-18(20)42)35-36(31(48)27-19(43)11-17(41)12-21(27)56-35)59-39-37(60-38-34(51)32(49)29(46)24(13-40)57-38)33(50)30(47)25(58-39)14-55-26(44)7-4-15-8-22(53-2)28(45)23(9-15)54-3/h4-12,24-25,29-30,32-34,37-43,45-47,49-51H,13-14H2,1-3H3/b7-4+/t24?,25?,29-,30-,32+,33+,34?,37?,38+,39+/m1/s1. The molecule has 4 unspecified atom stereocenters. The summed E-state index contributed by atoms with van der Waals surface area (Å²) in [6.07, 6.45) is -16.7. The highest BCUT2D eigenvalue weighted by Crippen LogP contribution is 2.41. The summed E-state index contributed by atoms with van der Waals surface area (Å²) in [5.41, 5.74) is -1.04. The third-order valence-corrected chi connectivity index (χ3v) is 9.68. The minimum Gasteiger partial charge on any atom is -0.508 e. The fourth-order valence-corrected chi connectivity index (χ4v) is 6.50. The third-order valence-electron chi connectivity index (χ3n) is 9.68. The van der Waals surface area contributed by atoms with E-state index in [1.165, 1.54) is 57.7 Å². The van der Waals surface area contributed by atoms with Crippen molar-refractivity contribution in [1.29, 1.82) is 0 Å². The van der Waals surface area contributed by atoms with Crippen molar-refractivity contribution >= 4 is 23.0 Å². The molecule has 10 N–H and O–H groups in total. The molecule has 2 fully saturated rings. The van der Waals surface area contributed by atoms with E-state index in [4.69, 9.17) is 42.3 Å². The van der Waals surface area contributed by atoms with Gasteiger partial charge in [-0.3, -0.25) is 4.79 Å². The Hall–Kier alpha value is -5.88. The first-order valence-electron chi connectivity index (χ1n) is 17.9. The fraction of sp³-hybridized carbons (Fsp3) is 0.385. The average molecular weight is 847 g/mol. The number of hydrogen-bond donors (Lipinski definition) is 10. The topological polar surface area (TPSA) is 323 Å². The lowest BCUT2D eigenvalue weighted by molar-refractivity contribution is -0.358. The molecule has 2 saturated heterocycles. The monoisotopic (exact) mass is 846 g/mol. The van der Waals surface area contributed by atoms with Gasteiger partial charge in [0.25, 0.3) is 0 Å². The molecule has 0 saturated carbocycles. The first kappa shape index (κ1) is 43.7. The van der Waals surface area contributed by atoms with E-state index < -0.39 is 114 Å². The molecule has 21 heteroatoms. The van der Waals surface area contributed by atoms with Crippen LogP contribution in [0.2, 0.25) is 0 Å². The van der Waals surface area contributed by atoms with Crippen molar-refractivity contribution in [3.05, 3.63) is 64.3 Å². The first-order valence-corrected chi connectivity index (χ1v) is 17.9. The number of benzene rings is 3. The molecule has 0 spiro atoms. The number of phenolic OH excluding ortho intramolecular Hbond substituents is 4. The van der Waals surface area contributed by atoms with E-state index in [1.54, 1.807) is 0 Å². The zero-order valence-electron chi connectivity index (χ0n) is 31.8. The minimum atomic E-state index is -2.10. The Morgan fingerprint density at radius 1 is 0.750 bits per heavy atom. The second-order valence-corrected chi connectivity index (χ2v) is 13.5. The second-order valence-electron chi connectivity index (χ2n) is 13.5. The Morgan fingerprint density at radius 3 is 2.05 bits per heavy atom. The Morgan fingerprint density at radius 2 is 1.40 bits per heavy atom. The van der Waals surface area contributed by atoms with Crippen LogP contribution in [-0.2, 0) is 23.7 Å². The molecule has 324 valence electrons. The number of hydrogen-bond acceptors (Lipinski definition) is 21. The number of phenols is 4. The van der Waals surface area contributed by atoms with Crippen molar-refractivity contribution in [3.8, 4) is 57.3 Å². The molecule has 3 aromatic carbocycles. The lowest BCUT2D eigenvalue weighted by atomic mass is 9.97. The van der Waals surface area contributed by atoms with Gasteiger partial charge in [0.1, 0.15) is 71.8 Å². The molecule has 4 aromatic rings. The summed E-state index contributed by atoms with van der Waals surface area (Å²) in [4.78, 5) is 27.1. The summed E-state index contributed by atoms with van der Waals surface area (Å²) in [6.45, 7) is -1.63. The van der Waals surface area contributed by atoms with Crippen molar-refractivity contribution in [2.24, 2.45) is 0 Å². The number of aliphatic hydroxyl groups excluding tert-OH is 6. The van der Waals surface area contributed by atoms with E-state index in [2.05, 4.69) is 0 Å². The van der Waals surface area contributed by atoms with Gasteiger partial charge in [-0.2, -0.15) is 0 Å². The molecule has 0 amide bonds. The maximum absolute atomic E-state index is 14.2. The van der Waals surface area contributed by atoms with Crippen LogP contribution in [0, 0.1) is 0 Å². The highest BCUT2D eigenvalue weighted by atomic mass is 16.8. The second kappa shape index (κ2) is 18.2. The molecule has 0 bridgehead atoms. The van der Waals surface area contributed by atoms with Gasteiger partial charge in [0.15, 0.2) is 41.2 Å². The van der Waals surface area contributed by atoms with E-state index >= 15 is 0 Å². The molecule has 6 rings (SSSR count). The zero-order valence-corrected chi connectivity index (χ0v) is 31.8. The van der Waals surface area contributed by atoms with Gasteiger partial charge < -0.3 is 93.4 Å². The van der Waals surface area contributed by atoms with Gasteiger partial charge in [-0.1, -0.05) is 0 Å². The van der Waals surface area contributed by atoms with E-state index in [0.29, 0.717) is 5.56 Å². The summed E-state index contributed by atoms with van der Waals surface area (Å²) in [7, 11) is 3.87. The van der Waals surface area contributed by atoms with Crippen molar-refractivity contribution in [2.75, 3.05) is 34.5 Å². The Balaban J connectivity index is 1.37. The molecule has 60 heavy (non-hydrogen) atoms. The maximum atomic E-state index is 14.2. The molecule has 0 radical (unpaired) electrons. The summed E-state index contributed by atoms with van der Waals surface area (Å²) < 4.78 is 50.0. The fourth-order valence-electron chi connectivity index (χ4n) is 6.50. The maximum Gasteiger partial charge on any atom is 0.330 e. The number of rotatable bonds is 13. The Bertz CT molecular complexity index is 2250. The highest BCUT2D eigenvalue weighted by Gasteiger charge is 2.52. The lowest BCUT2D eigenvalue weighted by Gasteiger charge is -2.45. The molecule has 1 aromatic heterocycles. The van der Waals surface area contributed by atoms with Crippen molar-refractivity contribution in [2.45, 2.75) is 61.4 Å². The van der Waals surface area contributed by atoms with Gasteiger partial charge in [-0.25, -0.2) is 4.79 Å². The van der Waals surface area contributed by atoms with E-state index in [1.807, 2.05) is 0 Å². The Labute approximate surface area is 338 Å². The van der Waals surface area contributed by atoms with E-state index in [9.17, 15) is 60.7 Å². The normalized spacial score (nSPS) is 26.8. The smallest absolute Gasteiger partial charge is 0.330 e. The van der Waals surface area contributed by atoms with Crippen LogP contribution in [0.15, 0.2) is 57.8 Å². The van der Waals surface area contributed by atoms with Crippen molar-refractivity contribution in [3.63, 3.8) is 0 Å². The lowest BCUT2D eigenvalue weighted by Crippen LogP contribution is -2.65. The molecular formula is C39H42O21. The minimum absolute atomic E-state index is 0.0189. The van der Waals surface area contributed by atoms with Crippen LogP contribution in [0.4, 0.5) is 0 Å². The number of fused-ring (bicyclic) bond motifs is 1. The van der Waals surface area contributed by atoms with Gasteiger partial charge in [0.2, 0.25) is 23.2 Å². The quantitative estimate of drug-likeness (QED) is 0.0603. The van der Waals surface area contributed by atoms with Gasteiger partial charge in [0, 0.05) is 23.8 Å². The molecule has 2 aliphatic rings. The van der Waals surface area contributed by atoms with Crippen LogP contribution in [0.5, 0.6) is 46.0 Å². The van der Waals surface area contributed by atoms with Gasteiger partial charge in [-0.15, -0.1) is 0 Å². The number of methoxy groups -OCH3 is 3. The molecule has 10 atom stereocenters. The van der Waals surface area contributed by atoms with Gasteiger partial charge in [0.05, 0.1) is 27.9 Å². The molecule has 3 heterocycles. The summed E-state index contributed by atoms with van der Waals surface area (Å²) >= 11 is 0. The van der Waals surface area contributed by atoms with Gasteiger partial charge in [-0.05, 0) is 42.0 Å². The summed E-state index contributed by atoms with van der Waals surface area (Å²) in [5.74, 6) is -3.95. The van der Waals surface area contributed by atoms with Crippen molar-refractivity contribution in [1.82, 2.24) is 0 Å². The largest absolute Gasteiger partial charge is 0.508 e. The number of aliphatic hydroxyl groups is 6. The number of aromatic hydroxyl groups is 4. The van der Waals surface area contributed by atoms with E-state index in [0.717, 1.165) is 18.2 Å². The predicted octanol–water partition coefficient (Wildman–Crippen LogP) is -0.425. The van der Waals surface area contributed by atoms with Crippen LogP contribution >= 0.6 is 0 Å². The summed E-state index contributed by atoms with van der Waals surface area (Å²) in [5, 5.41) is 105. The molecule has 21 nitrogen and oxygen atoms in total. The number of carbonyl (C=O) groups excluding carboxylic acids is 1. The van der Waals surface area contributed by atoms with E-state index in [-0.39, 0.29) is 39.9 Å². The Kier molecular flexibility index (Phi) is 13.2. The van der Waals surface area contributed by atoms with Gasteiger partial charge >= 0.3 is 5.97 Å². The van der Waals surface area contributed by atoms with Crippen LogP contribution in [-0.4, -0.2) is 153 Å². The number of esters is 1. The van der Waals surface area contributed by atoms with Crippen LogP contribution < -0.4 is 24.4 Å². The number of ether oxygens (including phenoxy) is 8. The highest BCUT2D eigenvalue weighted by molar-refractivity contribution is 5.89. The first-order chi connectivity index (χ1) is 28.6. The average Bonchev–Trinajstić information content (AvgIpc) is 3.23. The van der Waals surface area contributed by atoms with Crippen LogP contribution in [0.1, 0.15) is 5.56 Å². The molecule has 2 aliphatic heterocycles. The predicted molar refractivity (Wildman–Crippen MR) is 201 cm³/mol. The van der Waals surface area contributed by atoms with Crippen LogP contribution in [0.25, 0.3) is 28.4 Å². The SMILES string of the molecule is COc1cc(-c2oc3cc(O)cc(O)c3c(=O)c2O[C@@H]2OC(COC(=O)/C=C/c3cc(OC)c(O)c(OC)c3)[C@@H](O)[C@H](O)C2O[C@@H]2OC(CO)[C@@H](O)[C@H](O)C2O)ccc1O. The van der Waals surface area contributed by atoms with Crippen LogP contribution in [0.3, 0.4) is 0 Å². The van der Waals surface area contributed by atoms with Crippen molar-refractivity contribution < 1.29 is 98.2 Å². The zero-order chi connectivity index (χ0) is 43.6. The molecular weight excluding hydrogens is 804 g/mol. The third kappa shape index (κ3) is 8.70.